The molecule has 0 bridgehead atoms. The van der Waals surface area contributed by atoms with Gasteiger partial charge >= 0.3 is 0 Å². The van der Waals surface area contributed by atoms with Gasteiger partial charge < -0.3 is 15.0 Å². The van der Waals surface area contributed by atoms with Crippen molar-refractivity contribution >= 4 is 34.2 Å². The summed E-state index contributed by atoms with van der Waals surface area (Å²) < 4.78 is 5.46. The van der Waals surface area contributed by atoms with Crippen LogP contribution in [0.2, 0.25) is 5.02 Å². The number of anilines is 1. The summed E-state index contributed by atoms with van der Waals surface area (Å²) >= 11 is 6.65. The molecule has 0 radical (unpaired) electrons. The summed E-state index contributed by atoms with van der Waals surface area (Å²) in [5.74, 6) is 1.62. The summed E-state index contributed by atoms with van der Waals surface area (Å²) in [5, 5.41) is 4.22. The van der Waals surface area contributed by atoms with Crippen molar-refractivity contribution in [1.82, 2.24) is 14.9 Å². The van der Waals surface area contributed by atoms with Crippen LogP contribution in [0, 0.1) is 19.3 Å². The molecule has 3 heterocycles. The molecule has 1 aliphatic rings. The van der Waals surface area contributed by atoms with Crippen LogP contribution in [0.25, 0.3) is 33.4 Å². The lowest BCUT2D eigenvalue weighted by Gasteiger charge is -2.26. The van der Waals surface area contributed by atoms with E-state index in [0.717, 1.165) is 66.2 Å². The number of hydrogen-bond donors (Lipinski definition) is 2. The predicted octanol–water partition coefficient (Wildman–Crippen LogP) is 5.26. The van der Waals surface area contributed by atoms with Gasteiger partial charge in [-0.2, -0.15) is 0 Å². The Balaban J connectivity index is 1.58. The van der Waals surface area contributed by atoms with Crippen LogP contribution in [0.1, 0.15) is 11.1 Å². The first kappa shape index (κ1) is 23.1. The van der Waals surface area contributed by atoms with E-state index in [0.29, 0.717) is 16.4 Å². The first-order valence-corrected chi connectivity index (χ1v) is 11.9. The quantitative estimate of drug-likeness (QED) is 0.379. The van der Waals surface area contributed by atoms with E-state index in [1.807, 2.05) is 25.1 Å². The molecular formula is C28H25ClN4O2. The lowest BCUT2D eigenvalue weighted by atomic mass is 9.96. The Labute approximate surface area is 209 Å². The minimum Gasteiger partial charge on any atom is -0.379 e. The number of H-pyrrole nitrogens is 1. The second-order valence-corrected chi connectivity index (χ2v) is 9.01. The molecule has 0 spiro atoms. The number of nitrogens with one attached hydrogen (secondary N) is 2. The Morgan fingerprint density at radius 2 is 1.91 bits per heavy atom. The van der Waals surface area contributed by atoms with E-state index in [-0.39, 0.29) is 0 Å². The van der Waals surface area contributed by atoms with E-state index in [4.69, 9.17) is 22.8 Å². The lowest BCUT2D eigenvalue weighted by molar-refractivity contribution is -0.111. The molecule has 0 saturated carbocycles. The summed E-state index contributed by atoms with van der Waals surface area (Å²) in [5.41, 5.74) is 7.29. The van der Waals surface area contributed by atoms with Gasteiger partial charge in [-0.15, -0.1) is 6.42 Å². The largest absolute Gasteiger partial charge is 0.379 e. The maximum Gasteiger partial charge on any atom is 0.300 e. The molecule has 2 aromatic heterocycles. The minimum absolute atomic E-state index is 0.486. The van der Waals surface area contributed by atoms with Gasteiger partial charge in [-0.1, -0.05) is 48.0 Å². The average molecular weight is 485 g/mol. The molecule has 35 heavy (non-hydrogen) atoms. The van der Waals surface area contributed by atoms with Crippen LogP contribution in [0.4, 0.5) is 5.69 Å². The van der Waals surface area contributed by atoms with E-state index in [1.165, 1.54) is 5.56 Å². The SMILES string of the molecule is C#CC(=O)Nc1cc(-c2c(-c3ccc(CN4CCOCC4)cc3)[nH]c3nccc(Cl)c23)ccc1C. The molecule has 5 rings (SSSR count). The molecule has 0 atom stereocenters. The van der Waals surface area contributed by atoms with E-state index in [1.54, 1.807) is 12.3 Å². The topological polar surface area (TPSA) is 70.2 Å². The highest BCUT2D eigenvalue weighted by Gasteiger charge is 2.19. The van der Waals surface area contributed by atoms with Crippen molar-refractivity contribution in [2.75, 3.05) is 31.6 Å². The molecular weight excluding hydrogens is 460 g/mol. The molecule has 1 amide bonds. The Kier molecular flexibility index (Phi) is 6.56. The standard InChI is InChI=1S/C28H25ClN4O2/c1-3-24(34)31-23-16-21(7-4-18(23)2)25-26-22(29)10-11-30-28(26)32-27(25)20-8-5-19(6-9-20)17-33-12-14-35-15-13-33/h1,4-11,16H,12-15,17H2,2H3,(H,30,32)(H,31,34). The van der Waals surface area contributed by atoms with Gasteiger partial charge in [0.15, 0.2) is 0 Å². The fourth-order valence-electron chi connectivity index (χ4n) is 4.45. The fourth-order valence-corrected chi connectivity index (χ4v) is 4.69. The Morgan fingerprint density at radius 3 is 2.66 bits per heavy atom. The number of hydrogen-bond acceptors (Lipinski definition) is 4. The number of aromatic amines is 1. The molecule has 2 N–H and O–H groups in total. The minimum atomic E-state index is -0.486. The van der Waals surface area contributed by atoms with Crippen LogP contribution in [0.3, 0.4) is 0 Å². The fraction of sp³-hybridized carbons (Fsp3) is 0.214. The number of fused-ring (bicyclic) bond motifs is 1. The van der Waals surface area contributed by atoms with E-state index < -0.39 is 5.91 Å². The van der Waals surface area contributed by atoms with Gasteiger partial charge in [-0.05, 0) is 47.2 Å². The number of benzene rings is 2. The van der Waals surface area contributed by atoms with Gasteiger partial charge in [-0.3, -0.25) is 9.69 Å². The van der Waals surface area contributed by atoms with Crippen molar-refractivity contribution in [2.24, 2.45) is 0 Å². The van der Waals surface area contributed by atoms with Crippen LogP contribution in [0.15, 0.2) is 54.7 Å². The molecule has 7 heteroatoms. The number of nitrogens with zero attached hydrogens (tertiary/aromatic N) is 2. The molecule has 0 aliphatic carbocycles. The highest BCUT2D eigenvalue weighted by Crippen LogP contribution is 2.41. The maximum atomic E-state index is 11.9. The number of rotatable bonds is 5. The average Bonchev–Trinajstić information content (AvgIpc) is 3.27. The van der Waals surface area contributed by atoms with Crippen LogP contribution in [-0.2, 0) is 16.1 Å². The number of carbonyl (C=O) groups is 1. The molecule has 176 valence electrons. The molecule has 4 aromatic rings. The number of terminal acetylenes is 1. The summed E-state index contributed by atoms with van der Waals surface area (Å²) in [6, 6.07) is 16.2. The number of morpholine rings is 1. The predicted molar refractivity (Wildman–Crippen MR) is 140 cm³/mol. The highest BCUT2D eigenvalue weighted by atomic mass is 35.5. The van der Waals surface area contributed by atoms with E-state index >= 15 is 0 Å². The number of carbonyl (C=O) groups excluding carboxylic acids is 1. The number of halogens is 1. The van der Waals surface area contributed by atoms with Crippen LogP contribution >= 0.6 is 11.6 Å². The summed E-state index contributed by atoms with van der Waals surface area (Å²) in [4.78, 5) is 22.2. The molecule has 1 fully saturated rings. The van der Waals surface area contributed by atoms with Crippen LogP contribution in [-0.4, -0.2) is 47.1 Å². The monoisotopic (exact) mass is 484 g/mol. The highest BCUT2D eigenvalue weighted by molar-refractivity contribution is 6.36. The van der Waals surface area contributed by atoms with Gasteiger partial charge in [-0.25, -0.2) is 4.98 Å². The van der Waals surface area contributed by atoms with Crippen molar-refractivity contribution < 1.29 is 9.53 Å². The summed E-state index contributed by atoms with van der Waals surface area (Å²) in [6.45, 7) is 6.28. The molecule has 1 aliphatic heterocycles. The molecule has 1 saturated heterocycles. The van der Waals surface area contributed by atoms with Crippen LogP contribution in [0.5, 0.6) is 0 Å². The Bertz CT molecular complexity index is 1430. The van der Waals surface area contributed by atoms with Gasteiger partial charge in [0, 0.05) is 42.5 Å². The first-order valence-electron chi connectivity index (χ1n) is 11.5. The van der Waals surface area contributed by atoms with Gasteiger partial charge in [0.2, 0.25) is 0 Å². The zero-order valence-electron chi connectivity index (χ0n) is 19.4. The van der Waals surface area contributed by atoms with Crippen molar-refractivity contribution in [3.8, 4) is 34.7 Å². The zero-order chi connectivity index (χ0) is 24.4. The second kappa shape index (κ2) is 9.93. The van der Waals surface area contributed by atoms with Crippen molar-refractivity contribution in [1.29, 1.82) is 0 Å². The maximum absolute atomic E-state index is 11.9. The van der Waals surface area contributed by atoms with Crippen molar-refractivity contribution in [2.45, 2.75) is 13.5 Å². The number of ether oxygens (including phenoxy) is 1. The number of amides is 1. The number of aryl methyl sites for hydroxylation is 1. The zero-order valence-corrected chi connectivity index (χ0v) is 20.2. The number of aromatic nitrogens is 2. The lowest BCUT2D eigenvalue weighted by Crippen LogP contribution is -2.35. The van der Waals surface area contributed by atoms with E-state index in [9.17, 15) is 4.79 Å². The summed E-state index contributed by atoms with van der Waals surface area (Å²) in [7, 11) is 0. The molecule has 0 unspecified atom stereocenters. The Morgan fingerprint density at radius 1 is 1.17 bits per heavy atom. The van der Waals surface area contributed by atoms with Crippen molar-refractivity contribution in [3.63, 3.8) is 0 Å². The van der Waals surface area contributed by atoms with Crippen molar-refractivity contribution in [3.05, 3.63) is 70.9 Å². The molecule has 6 nitrogen and oxygen atoms in total. The third kappa shape index (κ3) is 4.80. The summed E-state index contributed by atoms with van der Waals surface area (Å²) in [6.07, 6.45) is 6.95. The Hall–Kier alpha value is -3.63. The van der Waals surface area contributed by atoms with Gasteiger partial charge in [0.1, 0.15) is 5.65 Å². The first-order chi connectivity index (χ1) is 17.0. The van der Waals surface area contributed by atoms with Gasteiger partial charge in [0.05, 0.1) is 23.9 Å². The second-order valence-electron chi connectivity index (χ2n) is 8.60. The molecule has 2 aromatic carbocycles. The number of pyridine rings is 1. The third-order valence-corrected chi connectivity index (χ3v) is 6.62. The third-order valence-electron chi connectivity index (χ3n) is 6.30. The van der Waals surface area contributed by atoms with E-state index in [2.05, 4.69) is 50.4 Å². The normalized spacial score (nSPS) is 14.1. The van der Waals surface area contributed by atoms with Crippen LogP contribution < -0.4 is 5.32 Å². The smallest absolute Gasteiger partial charge is 0.300 e. The van der Waals surface area contributed by atoms with Gasteiger partial charge in [0.25, 0.3) is 5.91 Å².